The van der Waals surface area contributed by atoms with Crippen molar-refractivity contribution in [3.63, 3.8) is 0 Å². The predicted octanol–water partition coefficient (Wildman–Crippen LogP) is 4.42. The van der Waals surface area contributed by atoms with E-state index in [4.69, 9.17) is 4.42 Å². The van der Waals surface area contributed by atoms with E-state index in [9.17, 15) is 0 Å². The molecule has 1 N–H and O–H groups in total. The number of hydrogen-bond acceptors (Lipinski definition) is 3. The highest BCUT2D eigenvalue weighted by Gasteiger charge is 2.36. The molecule has 1 aromatic heterocycles. The molecule has 1 saturated carbocycles. The van der Waals surface area contributed by atoms with Gasteiger partial charge >= 0.3 is 0 Å². The molecule has 2 unspecified atom stereocenters. The average molecular weight is 281 g/mol. The summed E-state index contributed by atoms with van der Waals surface area (Å²) in [7, 11) is 0. The van der Waals surface area contributed by atoms with Crippen LogP contribution in [0.4, 0.5) is 0 Å². The third-order valence-corrected chi connectivity index (χ3v) is 4.61. The topological polar surface area (TPSA) is 25.2 Å². The molecule has 0 saturated heterocycles. The maximum atomic E-state index is 5.87. The lowest BCUT2D eigenvalue weighted by molar-refractivity contribution is 0.442. The summed E-state index contributed by atoms with van der Waals surface area (Å²) >= 11 is 1.95. The first-order valence-electron chi connectivity index (χ1n) is 7.59. The van der Waals surface area contributed by atoms with E-state index in [1.54, 1.807) is 0 Å². The second kappa shape index (κ2) is 8.01. The maximum absolute atomic E-state index is 5.87. The van der Waals surface area contributed by atoms with Crippen LogP contribution in [0.15, 0.2) is 16.5 Å². The van der Waals surface area contributed by atoms with Crippen molar-refractivity contribution in [3.8, 4) is 0 Å². The van der Waals surface area contributed by atoms with Crippen molar-refractivity contribution in [1.82, 2.24) is 5.32 Å². The van der Waals surface area contributed by atoms with Crippen molar-refractivity contribution in [2.75, 3.05) is 18.6 Å². The molecular formula is C16H27NOS. The smallest absolute Gasteiger partial charge is 0.117 e. The minimum absolute atomic E-state index is 0.699. The minimum atomic E-state index is 0.699. The van der Waals surface area contributed by atoms with Gasteiger partial charge in [0.05, 0.1) is 6.54 Å². The average Bonchev–Trinajstić information content (AvgIpc) is 2.96. The largest absolute Gasteiger partial charge is 0.464 e. The van der Waals surface area contributed by atoms with E-state index < -0.39 is 0 Å². The highest BCUT2D eigenvalue weighted by Crippen LogP contribution is 2.47. The molecule has 2 nitrogen and oxygen atoms in total. The SMILES string of the molecule is CSCCCCCCNCc1ccc(C2CC2C)o1. The van der Waals surface area contributed by atoms with Crippen LogP contribution in [-0.4, -0.2) is 18.6 Å². The van der Waals surface area contributed by atoms with Crippen LogP contribution in [-0.2, 0) is 6.54 Å². The van der Waals surface area contributed by atoms with Crippen LogP contribution in [0.5, 0.6) is 0 Å². The number of hydrogen-bond donors (Lipinski definition) is 1. The highest BCUT2D eigenvalue weighted by molar-refractivity contribution is 7.98. The predicted molar refractivity (Wildman–Crippen MR) is 83.8 cm³/mol. The van der Waals surface area contributed by atoms with E-state index in [0.717, 1.165) is 24.8 Å². The lowest BCUT2D eigenvalue weighted by Gasteiger charge is -2.03. The van der Waals surface area contributed by atoms with Gasteiger partial charge in [0, 0.05) is 5.92 Å². The number of unbranched alkanes of at least 4 members (excludes halogenated alkanes) is 3. The van der Waals surface area contributed by atoms with Crippen LogP contribution >= 0.6 is 11.8 Å². The summed E-state index contributed by atoms with van der Waals surface area (Å²) in [4.78, 5) is 0. The molecule has 1 aliphatic rings. The van der Waals surface area contributed by atoms with Crippen molar-refractivity contribution >= 4 is 11.8 Å². The van der Waals surface area contributed by atoms with Crippen molar-refractivity contribution in [2.24, 2.45) is 5.92 Å². The summed E-state index contributed by atoms with van der Waals surface area (Å²) in [6.45, 7) is 4.28. The van der Waals surface area contributed by atoms with Crippen LogP contribution in [0.2, 0.25) is 0 Å². The van der Waals surface area contributed by atoms with Crippen molar-refractivity contribution in [1.29, 1.82) is 0 Å². The van der Waals surface area contributed by atoms with Crippen LogP contribution in [0.3, 0.4) is 0 Å². The third kappa shape index (κ3) is 5.23. The van der Waals surface area contributed by atoms with Crippen molar-refractivity contribution in [3.05, 3.63) is 23.7 Å². The molecule has 1 fully saturated rings. The molecular weight excluding hydrogens is 254 g/mol. The van der Waals surface area contributed by atoms with E-state index in [2.05, 4.69) is 30.6 Å². The normalized spacial score (nSPS) is 21.8. The van der Waals surface area contributed by atoms with Gasteiger partial charge in [-0.1, -0.05) is 19.8 Å². The molecule has 1 aromatic rings. The summed E-state index contributed by atoms with van der Waals surface area (Å²) in [6.07, 6.45) is 8.84. The fraction of sp³-hybridized carbons (Fsp3) is 0.750. The zero-order valence-electron chi connectivity index (χ0n) is 12.3. The molecule has 0 radical (unpaired) electrons. The summed E-state index contributed by atoms with van der Waals surface area (Å²) in [6, 6.07) is 4.29. The second-order valence-electron chi connectivity index (χ2n) is 5.71. The third-order valence-electron chi connectivity index (χ3n) is 3.91. The molecule has 108 valence electrons. The fourth-order valence-electron chi connectivity index (χ4n) is 2.47. The molecule has 0 aromatic carbocycles. The van der Waals surface area contributed by atoms with Gasteiger partial charge in [0.2, 0.25) is 0 Å². The van der Waals surface area contributed by atoms with Crippen molar-refractivity contribution < 1.29 is 4.42 Å². The quantitative estimate of drug-likeness (QED) is 0.643. The molecule has 1 aliphatic carbocycles. The standard InChI is InChI=1S/C16H27NOS/c1-13-11-15(13)16-8-7-14(18-16)12-17-9-5-3-4-6-10-19-2/h7-8,13,15,17H,3-6,9-12H2,1-2H3. The Morgan fingerprint density at radius 3 is 2.79 bits per heavy atom. The molecule has 0 bridgehead atoms. The van der Waals surface area contributed by atoms with Crippen LogP contribution in [0.1, 0.15) is 56.5 Å². The molecule has 0 aliphatic heterocycles. The van der Waals surface area contributed by atoms with Crippen LogP contribution < -0.4 is 5.32 Å². The van der Waals surface area contributed by atoms with Gasteiger partial charge in [-0.3, -0.25) is 0 Å². The van der Waals surface area contributed by atoms with Gasteiger partial charge in [-0.15, -0.1) is 0 Å². The van der Waals surface area contributed by atoms with Crippen molar-refractivity contribution in [2.45, 2.75) is 51.5 Å². The minimum Gasteiger partial charge on any atom is -0.464 e. The lowest BCUT2D eigenvalue weighted by atomic mass is 10.2. The van der Waals surface area contributed by atoms with Gasteiger partial charge in [-0.2, -0.15) is 11.8 Å². The Bertz CT molecular complexity index is 363. The first-order chi connectivity index (χ1) is 9.31. The van der Waals surface area contributed by atoms with Gasteiger partial charge in [0.25, 0.3) is 0 Å². The Morgan fingerprint density at radius 2 is 2.05 bits per heavy atom. The molecule has 19 heavy (non-hydrogen) atoms. The number of furan rings is 1. The highest BCUT2D eigenvalue weighted by atomic mass is 32.2. The number of thioether (sulfide) groups is 1. The lowest BCUT2D eigenvalue weighted by Crippen LogP contribution is -2.14. The molecule has 0 amide bonds. The monoisotopic (exact) mass is 281 g/mol. The van der Waals surface area contributed by atoms with E-state index in [0.29, 0.717) is 5.92 Å². The van der Waals surface area contributed by atoms with Gasteiger partial charge in [0.1, 0.15) is 11.5 Å². The molecule has 2 atom stereocenters. The van der Waals surface area contributed by atoms with Gasteiger partial charge < -0.3 is 9.73 Å². The summed E-state index contributed by atoms with van der Waals surface area (Å²) in [5.41, 5.74) is 0. The Balaban J connectivity index is 1.50. The van der Waals surface area contributed by atoms with Gasteiger partial charge in [-0.05, 0) is 55.9 Å². The first-order valence-corrected chi connectivity index (χ1v) is 8.99. The molecule has 0 spiro atoms. The van der Waals surface area contributed by atoms with E-state index in [-0.39, 0.29) is 0 Å². The molecule has 1 heterocycles. The second-order valence-corrected chi connectivity index (χ2v) is 6.69. The number of rotatable bonds is 10. The molecule has 3 heteroatoms. The first kappa shape index (κ1) is 15.0. The number of nitrogens with one attached hydrogen (secondary N) is 1. The maximum Gasteiger partial charge on any atom is 0.117 e. The summed E-state index contributed by atoms with van der Waals surface area (Å²) < 4.78 is 5.87. The van der Waals surface area contributed by atoms with Crippen LogP contribution in [0, 0.1) is 5.92 Å². The Hall–Kier alpha value is -0.410. The Morgan fingerprint density at radius 1 is 1.26 bits per heavy atom. The van der Waals surface area contributed by atoms with Gasteiger partial charge in [-0.25, -0.2) is 0 Å². The summed E-state index contributed by atoms with van der Waals surface area (Å²) in [5.74, 6) is 5.12. The van der Waals surface area contributed by atoms with Gasteiger partial charge in [0.15, 0.2) is 0 Å². The summed E-state index contributed by atoms with van der Waals surface area (Å²) in [5, 5.41) is 3.48. The van der Waals surface area contributed by atoms with E-state index in [1.165, 1.54) is 43.6 Å². The Kier molecular flexibility index (Phi) is 6.32. The van der Waals surface area contributed by atoms with E-state index >= 15 is 0 Å². The zero-order chi connectivity index (χ0) is 13.5. The van der Waals surface area contributed by atoms with Crippen LogP contribution in [0.25, 0.3) is 0 Å². The molecule has 2 rings (SSSR count). The zero-order valence-corrected chi connectivity index (χ0v) is 13.1. The Labute approximate surface area is 121 Å². The van der Waals surface area contributed by atoms with E-state index in [1.807, 2.05) is 11.8 Å². The fourth-order valence-corrected chi connectivity index (χ4v) is 2.96.